The zero-order valence-electron chi connectivity index (χ0n) is 11.4. The van der Waals surface area contributed by atoms with Gasteiger partial charge in [0, 0.05) is 17.4 Å². The number of benzene rings is 1. The van der Waals surface area contributed by atoms with Crippen LogP contribution < -0.4 is 10.5 Å². The molecule has 0 aliphatic heterocycles. The number of hydrogen-bond acceptors (Lipinski definition) is 4. The lowest BCUT2D eigenvalue weighted by molar-refractivity contribution is 0.423. The Labute approximate surface area is 122 Å². The normalized spacial score (nSPS) is 13.3. The Balaban J connectivity index is 1.99. The van der Waals surface area contributed by atoms with Gasteiger partial charge >= 0.3 is 0 Å². The monoisotopic (exact) mass is 283 g/mol. The number of aryl methyl sites for hydroxylation is 2. The van der Waals surface area contributed by atoms with Crippen LogP contribution in [0.25, 0.3) is 0 Å². The molecule has 0 radical (unpaired) electrons. The fraction of sp³-hybridized carbons (Fsp3) is 0.250. The largest absolute Gasteiger partial charge is 0.435 e. The number of aromatic nitrogens is 1. The molecule has 0 amide bonds. The molecule has 0 unspecified atom stereocenters. The SMILES string of the molecule is N#Cc1cc2c(nc1Oc1ccc(N)cc1F)CCCC2. The summed E-state index contributed by atoms with van der Waals surface area (Å²) in [5.74, 6) is -0.399. The summed E-state index contributed by atoms with van der Waals surface area (Å²) in [7, 11) is 0. The first-order valence-electron chi connectivity index (χ1n) is 6.83. The van der Waals surface area contributed by atoms with Crippen LogP contribution in [0.1, 0.15) is 29.7 Å². The maximum atomic E-state index is 13.8. The van der Waals surface area contributed by atoms with Crippen LogP contribution in [-0.4, -0.2) is 4.98 Å². The number of nitrogens with zero attached hydrogens (tertiary/aromatic N) is 2. The summed E-state index contributed by atoms with van der Waals surface area (Å²) in [5, 5.41) is 9.23. The number of rotatable bonds is 2. The number of halogens is 1. The molecule has 2 N–H and O–H groups in total. The van der Waals surface area contributed by atoms with Gasteiger partial charge in [-0.15, -0.1) is 0 Å². The summed E-state index contributed by atoms with van der Waals surface area (Å²) in [6.45, 7) is 0. The molecular formula is C16H14FN3O. The molecule has 1 aromatic carbocycles. The molecule has 1 aliphatic carbocycles. The van der Waals surface area contributed by atoms with Gasteiger partial charge < -0.3 is 10.5 Å². The molecule has 1 aromatic heterocycles. The lowest BCUT2D eigenvalue weighted by atomic mass is 9.95. The van der Waals surface area contributed by atoms with Gasteiger partial charge in [0.25, 0.3) is 0 Å². The van der Waals surface area contributed by atoms with Crippen LogP contribution >= 0.6 is 0 Å². The van der Waals surface area contributed by atoms with Crippen molar-refractivity contribution in [2.24, 2.45) is 0 Å². The second-order valence-corrected chi connectivity index (χ2v) is 5.06. The van der Waals surface area contributed by atoms with Crippen molar-refractivity contribution in [3.8, 4) is 17.7 Å². The third kappa shape index (κ3) is 2.65. The fourth-order valence-electron chi connectivity index (χ4n) is 2.48. The third-order valence-corrected chi connectivity index (χ3v) is 3.55. The van der Waals surface area contributed by atoms with E-state index in [2.05, 4.69) is 11.1 Å². The predicted octanol–water partition coefficient (Wildman–Crippen LogP) is 3.35. The van der Waals surface area contributed by atoms with E-state index in [1.165, 1.54) is 12.1 Å². The Bertz CT molecular complexity index is 737. The van der Waals surface area contributed by atoms with E-state index in [0.29, 0.717) is 11.3 Å². The molecular weight excluding hydrogens is 269 g/mol. The molecule has 21 heavy (non-hydrogen) atoms. The van der Waals surface area contributed by atoms with Gasteiger partial charge in [0.1, 0.15) is 11.6 Å². The van der Waals surface area contributed by atoms with Crippen LogP contribution in [0.2, 0.25) is 0 Å². The molecule has 4 nitrogen and oxygen atoms in total. The first-order valence-corrected chi connectivity index (χ1v) is 6.83. The lowest BCUT2D eigenvalue weighted by Gasteiger charge is -2.17. The van der Waals surface area contributed by atoms with Crippen LogP contribution in [0.4, 0.5) is 10.1 Å². The number of pyridine rings is 1. The molecule has 3 rings (SSSR count). The second kappa shape index (κ2) is 5.41. The molecule has 2 aromatic rings. The standard InChI is InChI=1S/C16H14FN3O/c17-13-8-12(19)5-6-15(13)21-16-11(9-18)7-10-3-1-2-4-14(10)20-16/h5-8H,1-4,19H2. The zero-order valence-corrected chi connectivity index (χ0v) is 11.4. The molecule has 0 saturated carbocycles. The van der Waals surface area contributed by atoms with E-state index < -0.39 is 5.82 Å². The molecule has 0 saturated heterocycles. The number of anilines is 1. The highest BCUT2D eigenvalue weighted by atomic mass is 19.1. The highest BCUT2D eigenvalue weighted by Crippen LogP contribution is 2.30. The molecule has 106 valence electrons. The van der Waals surface area contributed by atoms with E-state index in [1.54, 1.807) is 12.1 Å². The van der Waals surface area contributed by atoms with Crippen molar-refractivity contribution in [2.75, 3.05) is 5.73 Å². The van der Waals surface area contributed by atoms with Crippen molar-refractivity contribution < 1.29 is 9.13 Å². The Hall–Kier alpha value is -2.61. The number of nitriles is 1. The maximum absolute atomic E-state index is 13.8. The summed E-state index contributed by atoms with van der Waals surface area (Å²) in [6, 6.07) is 8.02. The van der Waals surface area contributed by atoms with Crippen molar-refractivity contribution in [2.45, 2.75) is 25.7 Å². The van der Waals surface area contributed by atoms with Crippen molar-refractivity contribution in [3.05, 3.63) is 46.9 Å². The zero-order chi connectivity index (χ0) is 14.8. The summed E-state index contributed by atoms with van der Waals surface area (Å²) in [6.07, 6.45) is 3.96. The summed E-state index contributed by atoms with van der Waals surface area (Å²) in [5.41, 5.74) is 8.17. The van der Waals surface area contributed by atoms with E-state index in [4.69, 9.17) is 10.5 Å². The molecule has 5 heteroatoms. The molecule has 0 fully saturated rings. The molecule has 0 bridgehead atoms. The Morgan fingerprint density at radius 3 is 2.81 bits per heavy atom. The average molecular weight is 283 g/mol. The highest BCUT2D eigenvalue weighted by molar-refractivity contribution is 5.47. The smallest absolute Gasteiger partial charge is 0.237 e. The second-order valence-electron chi connectivity index (χ2n) is 5.06. The average Bonchev–Trinajstić information content (AvgIpc) is 2.49. The molecule has 0 spiro atoms. The van der Waals surface area contributed by atoms with Crippen molar-refractivity contribution in [1.82, 2.24) is 4.98 Å². The Morgan fingerprint density at radius 2 is 2.05 bits per heavy atom. The minimum absolute atomic E-state index is 0.0176. The fourth-order valence-corrected chi connectivity index (χ4v) is 2.48. The predicted molar refractivity (Wildman–Crippen MR) is 76.5 cm³/mol. The van der Waals surface area contributed by atoms with Gasteiger partial charge in [0.15, 0.2) is 11.6 Å². The first-order chi connectivity index (χ1) is 10.2. The number of nitrogens with two attached hydrogens (primary N) is 1. The van der Waals surface area contributed by atoms with Gasteiger partial charge in [-0.05, 0) is 49.4 Å². The molecule has 1 heterocycles. The van der Waals surface area contributed by atoms with Crippen molar-refractivity contribution in [3.63, 3.8) is 0 Å². The summed E-state index contributed by atoms with van der Waals surface area (Å²) in [4.78, 5) is 4.40. The van der Waals surface area contributed by atoms with E-state index in [9.17, 15) is 9.65 Å². The van der Waals surface area contributed by atoms with Crippen LogP contribution in [0.5, 0.6) is 11.6 Å². The quantitative estimate of drug-likeness (QED) is 0.858. The Morgan fingerprint density at radius 1 is 1.24 bits per heavy atom. The van der Waals surface area contributed by atoms with Crippen molar-refractivity contribution >= 4 is 5.69 Å². The van der Waals surface area contributed by atoms with Gasteiger partial charge in [0.05, 0.1) is 0 Å². The van der Waals surface area contributed by atoms with E-state index in [-0.39, 0.29) is 11.6 Å². The molecule has 0 atom stereocenters. The number of hydrogen-bond donors (Lipinski definition) is 1. The van der Waals surface area contributed by atoms with Gasteiger partial charge in [-0.3, -0.25) is 0 Å². The number of ether oxygens (including phenoxy) is 1. The number of fused-ring (bicyclic) bond motifs is 1. The maximum Gasteiger partial charge on any atom is 0.237 e. The van der Waals surface area contributed by atoms with E-state index in [0.717, 1.165) is 36.9 Å². The lowest BCUT2D eigenvalue weighted by Crippen LogP contribution is -2.07. The summed E-state index contributed by atoms with van der Waals surface area (Å²) >= 11 is 0. The van der Waals surface area contributed by atoms with Gasteiger partial charge in [-0.25, -0.2) is 9.37 Å². The van der Waals surface area contributed by atoms with E-state index >= 15 is 0 Å². The third-order valence-electron chi connectivity index (χ3n) is 3.55. The van der Waals surface area contributed by atoms with Crippen LogP contribution in [0.3, 0.4) is 0 Å². The van der Waals surface area contributed by atoms with Gasteiger partial charge in [-0.1, -0.05) is 0 Å². The van der Waals surface area contributed by atoms with E-state index in [1.807, 2.05) is 0 Å². The Kier molecular flexibility index (Phi) is 3.44. The van der Waals surface area contributed by atoms with Gasteiger partial charge in [-0.2, -0.15) is 5.26 Å². The van der Waals surface area contributed by atoms with Crippen molar-refractivity contribution in [1.29, 1.82) is 5.26 Å². The van der Waals surface area contributed by atoms with Crippen LogP contribution in [0, 0.1) is 17.1 Å². The first kappa shape index (κ1) is 13.4. The minimum atomic E-state index is -0.571. The molecule has 1 aliphatic rings. The summed E-state index contributed by atoms with van der Waals surface area (Å²) < 4.78 is 19.3. The minimum Gasteiger partial charge on any atom is -0.435 e. The van der Waals surface area contributed by atoms with Crippen LogP contribution in [0.15, 0.2) is 24.3 Å². The number of nitrogen functional groups attached to an aromatic ring is 1. The van der Waals surface area contributed by atoms with Gasteiger partial charge in [0.2, 0.25) is 5.88 Å². The highest BCUT2D eigenvalue weighted by Gasteiger charge is 2.17. The topological polar surface area (TPSA) is 71.9 Å². The van der Waals surface area contributed by atoms with Crippen LogP contribution in [-0.2, 0) is 12.8 Å².